The second-order valence-corrected chi connectivity index (χ2v) is 7.13. The van der Waals surface area contributed by atoms with Crippen LogP contribution in [0.3, 0.4) is 0 Å². The van der Waals surface area contributed by atoms with E-state index in [2.05, 4.69) is 10.6 Å². The zero-order valence-electron chi connectivity index (χ0n) is 15.6. The number of nitrogens with one attached hydrogen (secondary N) is 2. The minimum Gasteiger partial charge on any atom is -0.350 e. The van der Waals surface area contributed by atoms with Crippen LogP contribution in [0.25, 0.3) is 11.1 Å². The topological polar surface area (TPSA) is 58.2 Å². The highest BCUT2D eigenvalue weighted by molar-refractivity contribution is 7.98. The first-order chi connectivity index (χ1) is 13.7. The summed E-state index contributed by atoms with van der Waals surface area (Å²) < 4.78 is 0. The molecule has 2 N–H and O–H groups in total. The van der Waals surface area contributed by atoms with Crippen molar-refractivity contribution in [3.8, 4) is 11.1 Å². The van der Waals surface area contributed by atoms with Crippen LogP contribution in [0.2, 0.25) is 0 Å². The molecule has 0 aliphatic heterocycles. The molecule has 0 fully saturated rings. The van der Waals surface area contributed by atoms with Gasteiger partial charge >= 0.3 is 0 Å². The Bertz CT molecular complexity index is 923. The van der Waals surface area contributed by atoms with E-state index >= 15 is 0 Å². The number of benzene rings is 3. The lowest BCUT2D eigenvalue weighted by Gasteiger charge is -2.08. The molecule has 0 atom stereocenters. The highest BCUT2D eigenvalue weighted by Gasteiger charge is 2.08. The first-order valence-corrected chi connectivity index (χ1v) is 10.2. The van der Waals surface area contributed by atoms with Crippen LogP contribution in [0.4, 0.5) is 0 Å². The predicted molar refractivity (Wildman–Crippen MR) is 114 cm³/mol. The Kier molecular flexibility index (Phi) is 6.87. The molecule has 0 radical (unpaired) electrons. The van der Waals surface area contributed by atoms with Crippen molar-refractivity contribution >= 4 is 23.6 Å². The molecule has 0 aliphatic rings. The Morgan fingerprint density at radius 2 is 1.43 bits per heavy atom. The van der Waals surface area contributed by atoms with Gasteiger partial charge in [0, 0.05) is 17.0 Å². The van der Waals surface area contributed by atoms with Crippen LogP contribution in [0.1, 0.15) is 15.9 Å². The molecule has 0 heterocycles. The summed E-state index contributed by atoms with van der Waals surface area (Å²) >= 11 is 1.68. The molecule has 2 amide bonds. The fraction of sp³-hybridized carbons (Fsp3) is 0.130. The van der Waals surface area contributed by atoms with E-state index in [9.17, 15) is 9.59 Å². The van der Waals surface area contributed by atoms with Gasteiger partial charge in [-0.25, -0.2) is 0 Å². The van der Waals surface area contributed by atoms with Gasteiger partial charge in [0.15, 0.2) is 0 Å². The van der Waals surface area contributed by atoms with E-state index in [1.54, 1.807) is 23.9 Å². The Balaban J connectivity index is 1.47. The summed E-state index contributed by atoms with van der Waals surface area (Å²) in [6, 6.07) is 25.3. The zero-order chi connectivity index (χ0) is 19.8. The van der Waals surface area contributed by atoms with Gasteiger partial charge in [-0.05, 0) is 47.2 Å². The van der Waals surface area contributed by atoms with Crippen molar-refractivity contribution in [2.24, 2.45) is 0 Å². The van der Waals surface area contributed by atoms with Crippen LogP contribution in [-0.2, 0) is 11.3 Å². The van der Waals surface area contributed by atoms with E-state index < -0.39 is 0 Å². The van der Waals surface area contributed by atoms with E-state index in [-0.39, 0.29) is 18.4 Å². The van der Waals surface area contributed by atoms with Crippen molar-refractivity contribution in [2.45, 2.75) is 11.4 Å². The smallest absolute Gasteiger partial charge is 0.251 e. The van der Waals surface area contributed by atoms with E-state index in [4.69, 9.17) is 0 Å². The lowest BCUT2D eigenvalue weighted by atomic mass is 10.0. The van der Waals surface area contributed by atoms with Crippen molar-refractivity contribution in [3.63, 3.8) is 0 Å². The normalized spacial score (nSPS) is 10.3. The number of rotatable bonds is 7. The molecule has 142 valence electrons. The average Bonchev–Trinajstić information content (AvgIpc) is 2.77. The first-order valence-electron chi connectivity index (χ1n) is 8.99. The van der Waals surface area contributed by atoms with Crippen molar-refractivity contribution < 1.29 is 9.59 Å². The van der Waals surface area contributed by atoms with Crippen LogP contribution in [0.15, 0.2) is 83.8 Å². The van der Waals surface area contributed by atoms with Crippen LogP contribution in [-0.4, -0.2) is 24.6 Å². The van der Waals surface area contributed by atoms with Gasteiger partial charge in [-0.3, -0.25) is 9.59 Å². The van der Waals surface area contributed by atoms with E-state index in [1.807, 2.05) is 73.0 Å². The Labute approximate surface area is 169 Å². The van der Waals surface area contributed by atoms with Gasteiger partial charge in [0.05, 0.1) is 6.54 Å². The van der Waals surface area contributed by atoms with Gasteiger partial charge in [-0.15, -0.1) is 11.8 Å². The molecule has 0 bridgehead atoms. The summed E-state index contributed by atoms with van der Waals surface area (Å²) in [7, 11) is 0. The third-order valence-corrected chi connectivity index (χ3v) is 5.06. The lowest BCUT2D eigenvalue weighted by molar-refractivity contribution is -0.120. The van der Waals surface area contributed by atoms with Crippen LogP contribution >= 0.6 is 11.8 Å². The number of hydrogen-bond acceptors (Lipinski definition) is 3. The highest BCUT2D eigenvalue weighted by atomic mass is 32.2. The van der Waals surface area contributed by atoms with Crippen LogP contribution in [0.5, 0.6) is 0 Å². The Morgan fingerprint density at radius 3 is 2.07 bits per heavy atom. The summed E-state index contributed by atoms with van der Waals surface area (Å²) in [6.07, 6.45) is 2.02. The molecule has 3 aromatic rings. The largest absolute Gasteiger partial charge is 0.350 e. The fourth-order valence-electron chi connectivity index (χ4n) is 2.71. The number of carbonyl (C=O) groups excluding carboxylic acids is 2. The van der Waals surface area contributed by atoms with Crippen LogP contribution < -0.4 is 10.6 Å². The number of hydrogen-bond donors (Lipinski definition) is 2. The molecule has 0 saturated heterocycles. The summed E-state index contributed by atoms with van der Waals surface area (Å²) in [5.74, 6) is -0.484. The third-order valence-electron chi connectivity index (χ3n) is 4.31. The Morgan fingerprint density at radius 1 is 0.786 bits per heavy atom. The molecular formula is C23H22N2O2S. The molecule has 0 spiro atoms. The van der Waals surface area contributed by atoms with Crippen molar-refractivity contribution in [1.82, 2.24) is 10.6 Å². The minimum atomic E-state index is -0.265. The minimum absolute atomic E-state index is 0.0534. The van der Waals surface area contributed by atoms with E-state index in [1.165, 1.54) is 4.90 Å². The molecule has 0 aromatic heterocycles. The maximum Gasteiger partial charge on any atom is 0.251 e. The SMILES string of the molecule is CSc1ccc(CNC(=O)CNC(=O)c2ccc(-c3ccccc3)cc2)cc1. The molecular weight excluding hydrogens is 368 g/mol. The quantitative estimate of drug-likeness (QED) is 0.597. The fourth-order valence-corrected chi connectivity index (χ4v) is 3.12. The number of thioether (sulfide) groups is 1. The maximum atomic E-state index is 12.2. The van der Waals surface area contributed by atoms with Crippen LogP contribution in [0, 0.1) is 0 Å². The van der Waals surface area contributed by atoms with Crippen molar-refractivity contribution in [3.05, 3.63) is 90.0 Å². The molecule has 3 aromatic carbocycles. The monoisotopic (exact) mass is 390 g/mol. The Hall–Kier alpha value is -3.05. The summed E-state index contributed by atoms with van der Waals surface area (Å²) in [4.78, 5) is 25.4. The molecule has 0 saturated carbocycles. The van der Waals surface area contributed by atoms with Gasteiger partial charge in [-0.1, -0.05) is 54.6 Å². The van der Waals surface area contributed by atoms with E-state index in [0.717, 1.165) is 16.7 Å². The predicted octanol–water partition coefficient (Wildman–Crippen LogP) is 4.12. The molecule has 0 unspecified atom stereocenters. The average molecular weight is 391 g/mol. The first kappa shape index (κ1) is 19.7. The van der Waals surface area contributed by atoms with Crippen molar-refractivity contribution in [1.29, 1.82) is 0 Å². The molecule has 5 heteroatoms. The standard InChI is InChI=1S/C23H22N2O2S/c1-28-21-13-7-17(8-14-21)15-24-22(26)16-25-23(27)20-11-9-19(10-12-20)18-5-3-2-4-6-18/h2-14H,15-16H2,1H3,(H,24,26)(H,25,27). The molecule has 0 aliphatic carbocycles. The van der Waals surface area contributed by atoms with E-state index in [0.29, 0.717) is 12.1 Å². The number of carbonyl (C=O) groups is 2. The second kappa shape index (κ2) is 9.76. The van der Waals surface area contributed by atoms with Gasteiger partial charge in [0.1, 0.15) is 0 Å². The van der Waals surface area contributed by atoms with Gasteiger partial charge in [0.25, 0.3) is 5.91 Å². The zero-order valence-corrected chi connectivity index (χ0v) is 16.5. The van der Waals surface area contributed by atoms with Crippen molar-refractivity contribution in [2.75, 3.05) is 12.8 Å². The summed E-state index contributed by atoms with van der Waals surface area (Å²) in [5, 5.41) is 5.47. The lowest BCUT2D eigenvalue weighted by Crippen LogP contribution is -2.36. The third kappa shape index (κ3) is 5.47. The second-order valence-electron chi connectivity index (χ2n) is 6.25. The molecule has 4 nitrogen and oxygen atoms in total. The molecule has 28 heavy (non-hydrogen) atoms. The maximum absolute atomic E-state index is 12.2. The summed E-state index contributed by atoms with van der Waals surface area (Å²) in [5.41, 5.74) is 3.69. The highest BCUT2D eigenvalue weighted by Crippen LogP contribution is 2.19. The molecule has 3 rings (SSSR count). The van der Waals surface area contributed by atoms with Gasteiger partial charge in [-0.2, -0.15) is 0 Å². The van der Waals surface area contributed by atoms with Gasteiger partial charge in [0.2, 0.25) is 5.91 Å². The summed E-state index contributed by atoms with van der Waals surface area (Å²) in [6.45, 7) is 0.386. The number of amides is 2. The van der Waals surface area contributed by atoms with Gasteiger partial charge < -0.3 is 10.6 Å².